The smallest absolute Gasteiger partial charge is 0.269 e. The Hall–Kier alpha value is -3.81. The van der Waals surface area contributed by atoms with E-state index in [1.54, 1.807) is 47.4 Å². The molecule has 1 unspecified atom stereocenters. The van der Waals surface area contributed by atoms with Crippen LogP contribution in [0, 0.1) is 6.92 Å². The summed E-state index contributed by atoms with van der Waals surface area (Å²) >= 11 is 0. The number of nitrogens with zero attached hydrogens (tertiary/aromatic N) is 2. The molecular formula is C22H22N4O4. The first kappa shape index (κ1) is 19.5. The largest absolute Gasteiger partial charge is 0.485 e. The van der Waals surface area contributed by atoms with Crippen molar-refractivity contribution in [1.29, 1.82) is 0 Å². The number of aromatic nitrogens is 2. The zero-order valence-electron chi connectivity index (χ0n) is 16.7. The number of nitrogens with one attached hydrogen (secondary N) is 2. The van der Waals surface area contributed by atoms with Crippen molar-refractivity contribution >= 4 is 23.2 Å². The van der Waals surface area contributed by atoms with E-state index in [2.05, 4.69) is 15.7 Å². The van der Waals surface area contributed by atoms with Crippen LogP contribution in [-0.2, 0) is 11.3 Å². The number of anilines is 2. The van der Waals surface area contributed by atoms with E-state index >= 15 is 0 Å². The standard InChI is InChI=1S/C22H22N4O4/c1-3-26-12-16(11-23-26)24-21(27)15-9-8-14(2)17(10-15)25-22(28)20-13-29-18-6-4-5-7-19(18)30-20/h4-12,20H,3,13H2,1-2H3,(H,24,27)(H,25,28). The van der Waals surface area contributed by atoms with Gasteiger partial charge in [0.05, 0.1) is 11.9 Å². The van der Waals surface area contributed by atoms with E-state index < -0.39 is 6.10 Å². The molecular weight excluding hydrogens is 384 g/mol. The number of ether oxygens (including phenoxy) is 2. The van der Waals surface area contributed by atoms with Gasteiger partial charge in [-0.2, -0.15) is 5.10 Å². The second-order valence-corrected chi connectivity index (χ2v) is 6.92. The average molecular weight is 406 g/mol. The first-order chi connectivity index (χ1) is 14.5. The lowest BCUT2D eigenvalue weighted by Gasteiger charge is -2.25. The molecule has 3 aromatic rings. The number of carbonyl (C=O) groups excluding carboxylic acids is 2. The van der Waals surface area contributed by atoms with Gasteiger partial charge < -0.3 is 20.1 Å². The lowest BCUT2D eigenvalue weighted by atomic mass is 10.1. The molecule has 0 bridgehead atoms. The maximum atomic E-state index is 12.7. The van der Waals surface area contributed by atoms with Crippen LogP contribution in [0.5, 0.6) is 11.5 Å². The zero-order chi connectivity index (χ0) is 21.1. The lowest BCUT2D eigenvalue weighted by Crippen LogP contribution is -2.40. The van der Waals surface area contributed by atoms with Gasteiger partial charge in [0, 0.05) is 24.0 Å². The Morgan fingerprint density at radius 2 is 1.97 bits per heavy atom. The second kappa shape index (κ2) is 8.28. The van der Waals surface area contributed by atoms with E-state index in [0.29, 0.717) is 35.0 Å². The predicted octanol–water partition coefficient (Wildman–Crippen LogP) is 3.24. The van der Waals surface area contributed by atoms with Crippen molar-refractivity contribution in [3.05, 3.63) is 66.0 Å². The fourth-order valence-corrected chi connectivity index (χ4v) is 3.06. The van der Waals surface area contributed by atoms with Crippen LogP contribution in [0.25, 0.3) is 0 Å². The summed E-state index contributed by atoms with van der Waals surface area (Å²) in [6, 6.07) is 12.3. The molecule has 8 nitrogen and oxygen atoms in total. The Labute approximate surface area is 173 Å². The third-order valence-electron chi connectivity index (χ3n) is 4.77. The Bertz CT molecular complexity index is 1090. The van der Waals surface area contributed by atoms with Crippen molar-refractivity contribution in [1.82, 2.24) is 9.78 Å². The van der Waals surface area contributed by atoms with Gasteiger partial charge in [-0.15, -0.1) is 0 Å². The topological polar surface area (TPSA) is 94.5 Å². The third kappa shape index (κ3) is 4.12. The SMILES string of the molecule is CCn1cc(NC(=O)c2ccc(C)c(NC(=O)C3COc4ccccc4O3)c2)cn1. The maximum absolute atomic E-state index is 12.7. The summed E-state index contributed by atoms with van der Waals surface area (Å²) in [5.74, 6) is 0.519. The van der Waals surface area contributed by atoms with Crippen LogP contribution in [0.3, 0.4) is 0 Å². The first-order valence-electron chi connectivity index (χ1n) is 9.67. The van der Waals surface area contributed by atoms with Crippen LogP contribution in [0.2, 0.25) is 0 Å². The molecule has 1 aromatic heterocycles. The van der Waals surface area contributed by atoms with E-state index in [9.17, 15) is 9.59 Å². The van der Waals surface area contributed by atoms with Crippen LogP contribution in [0.1, 0.15) is 22.8 Å². The highest BCUT2D eigenvalue weighted by molar-refractivity contribution is 6.05. The molecule has 0 radical (unpaired) electrons. The minimum absolute atomic E-state index is 0.115. The molecule has 2 amide bonds. The minimum atomic E-state index is -0.781. The molecule has 2 aromatic carbocycles. The molecule has 2 heterocycles. The number of rotatable bonds is 5. The van der Waals surface area contributed by atoms with Crippen molar-refractivity contribution in [2.75, 3.05) is 17.2 Å². The minimum Gasteiger partial charge on any atom is -0.485 e. The average Bonchev–Trinajstić information content (AvgIpc) is 3.22. The van der Waals surface area contributed by atoms with Crippen LogP contribution in [0.15, 0.2) is 54.9 Å². The van der Waals surface area contributed by atoms with Crippen LogP contribution in [-0.4, -0.2) is 34.3 Å². The quantitative estimate of drug-likeness (QED) is 0.678. The number of carbonyl (C=O) groups is 2. The maximum Gasteiger partial charge on any atom is 0.269 e. The monoisotopic (exact) mass is 406 g/mol. The van der Waals surface area contributed by atoms with Crippen molar-refractivity contribution < 1.29 is 19.1 Å². The van der Waals surface area contributed by atoms with Gasteiger partial charge in [-0.3, -0.25) is 14.3 Å². The van der Waals surface area contributed by atoms with Gasteiger partial charge in [0.25, 0.3) is 11.8 Å². The highest BCUT2D eigenvalue weighted by Crippen LogP contribution is 2.31. The van der Waals surface area contributed by atoms with Crippen molar-refractivity contribution in [3.8, 4) is 11.5 Å². The van der Waals surface area contributed by atoms with Gasteiger partial charge in [0.1, 0.15) is 6.61 Å². The molecule has 0 saturated carbocycles. The number of benzene rings is 2. The van der Waals surface area contributed by atoms with E-state index in [0.717, 1.165) is 5.56 Å². The number of hydrogen-bond donors (Lipinski definition) is 2. The molecule has 1 aliphatic heterocycles. The number of fused-ring (bicyclic) bond motifs is 1. The van der Waals surface area contributed by atoms with Crippen LogP contribution >= 0.6 is 0 Å². The molecule has 1 aliphatic rings. The van der Waals surface area contributed by atoms with E-state index in [1.165, 1.54) is 0 Å². The van der Waals surface area contributed by atoms with Crippen LogP contribution < -0.4 is 20.1 Å². The number of para-hydroxylation sites is 2. The molecule has 0 saturated heterocycles. The fraction of sp³-hybridized carbons (Fsp3) is 0.227. The van der Waals surface area contributed by atoms with Gasteiger partial charge in [0.15, 0.2) is 11.5 Å². The summed E-state index contributed by atoms with van der Waals surface area (Å²) in [6.45, 7) is 4.65. The summed E-state index contributed by atoms with van der Waals surface area (Å²) in [6.07, 6.45) is 2.57. The Morgan fingerprint density at radius 3 is 2.73 bits per heavy atom. The summed E-state index contributed by atoms with van der Waals surface area (Å²) in [4.78, 5) is 25.3. The van der Waals surface area contributed by atoms with Gasteiger partial charge in [-0.05, 0) is 43.7 Å². The first-order valence-corrected chi connectivity index (χ1v) is 9.67. The summed E-state index contributed by atoms with van der Waals surface area (Å²) in [7, 11) is 0. The second-order valence-electron chi connectivity index (χ2n) is 6.92. The predicted molar refractivity (Wildman–Crippen MR) is 112 cm³/mol. The van der Waals surface area contributed by atoms with E-state index in [1.807, 2.05) is 26.0 Å². The molecule has 1 atom stereocenters. The van der Waals surface area contributed by atoms with E-state index in [4.69, 9.17) is 9.47 Å². The highest BCUT2D eigenvalue weighted by Gasteiger charge is 2.27. The van der Waals surface area contributed by atoms with Crippen molar-refractivity contribution in [2.24, 2.45) is 0 Å². The lowest BCUT2D eigenvalue weighted by molar-refractivity contribution is -0.125. The molecule has 0 fully saturated rings. The third-order valence-corrected chi connectivity index (χ3v) is 4.77. The van der Waals surface area contributed by atoms with Crippen LogP contribution in [0.4, 0.5) is 11.4 Å². The summed E-state index contributed by atoms with van der Waals surface area (Å²) in [5, 5.41) is 9.79. The number of hydrogen-bond acceptors (Lipinski definition) is 5. The normalized spacial score (nSPS) is 14.8. The van der Waals surface area contributed by atoms with Gasteiger partial charge in [0.2, 0.25) is 6.10 Å². The summed E-state index contributed by atoms with van der Waals surface area (Å²) in [5.41, 5.74) is 2.40. The molecule has 154 valence electrons. The summed E-state index contributed by atoms with van der Waals surface area (Å²) < 4.78 is 13.1. The van der Waals surface area contributed by atoms with Gasteiger partial charge >= 0.3 is 0 Å². The molecule has 4 rings (SSSR count). The van der Waals surface area contributed by atoms with Gasteiger partial charge in [-0.1, -0.05) is 18.2 Å². The van der Waals surface area contributed by atoms with Gasteiger partial charge in [-0.25, -0.2) is 0 Å². The highest BCUT2D eigenvalue weighted by atomic mass is 16.6. The molecule has 8 heteroatoms. The van der Waals surface area contributed by atoms with Crippen molar-refractivity contribution in [2.45, 2.75) is 26.5 Å². The van der Waals surface area contributed by atoms with Crippen molar-refractivity contribution in [3.63, 3.8) is 0 Å². The Morgan fingerprint density at radius 1 is 1.17 bits per heavy atom. The zero-order valence-corrected chi connectivity index (χ0v) is 16.7. The molecule has 0 spiro atoms. The van der Waals surface area contributed by atoms with E-state index in [-0.39, 0.29) is 18.4 Å². The molecule has 2 N–H and O–H groups in total. The number of aryl methyl sites for hydroxylation is 2. The Kier molecular flexibility index (Phi) is 5.38. The number of amides is 2. The fourth-order valence-electron chi connectivity index (χ4n) is 3.06. The Balaban J connectivity index is 1.45. The molecule has 0 aliphatic carbocycles. The molecule has 30 heavy (non-hydrogen) atoms.